The first kappa shape index (κ1) is 12.3. The molecule has 1 aliphatic heterocycles. The van der Waals surface area contributed by atoms with Gasteiger partial charge in [-0.3, -0.25) is 4.90 Å². The minimum atomic E-state index is 0.252. The van der Waals surface area contributed by atoms with Gasteiger partial charge < -0.3 is 15.7 Å². The molecule has 0 radical (unpaired) electrons. The number of oxime groups is 1. The van der Waals surface area contributed by atoms with E-state index >= 15 is 0 Å². The molecular formula is C10H21N3O2. The maximum absolute atomic E-state index is 8.53. The van der Waals surface area contributed by atoms with Crippen LogP contribution in [0.15, 0.2) is 5.16 Å². The van der Waals surface area contributed by atoms with Crippen LogP contribution in [0.5, 0.6) is 0 Å². The van der Waals surface area contributed by atoms with Crippen LogP contribution >= 0.6 is 0 Å². The summed E-state index contributed by atoms with van der Waals surface area (Å²) in [7, 11) is 0. The first-order valence-electron chi connectivity index (χ1n) is 5.45. The fourth-order valence-corrected chi connectivity index (χ4v) is 1.75. The van der Waals surface area contributed by atoms with Gasteiger partial charge in [0.15, 0.2) is 5.84 Å². The van der Waals surface area contributed by atoms with E-state index in [2.05, 4.69) is 23.9 Å². The highest BCUT2D eigenvalue weighted by Gasteiger charge is 2.21. The number of hydrogen-bond donors (Lipinski definition) is 2. The number of nitrogens with two attached hydrogens (primary N) is 1. The summed E-state index contributed by atoms with van der Waals surface area (Å²) in [6.45, 7) is 6.40. The van der Waals surface area contributed by atoms with Crippen LogP contribution in [0.1, 0.15) is 26.7 Å². The van der Waals surface area contributed by atoms with E-state index in [4.69, 9.17) is 15.7 Å². The van der Waals surface area contributed by atoms with Crippen LogP contribution in [-0.2, 0) is 4.74 Å². The second-order valence-corrected chi connectivity index (χ2v) is 4.25. The Labute approximate surface area is 90.9 Å². The van der Waals surface area contributed by atoms with Crippen molar-refractivity contribution >= 4 is 5.84 Å². The first-order valence-corrected chi connectivity index (χ1v) is 5.45. The van der Waals surface area contributed by atoms with Gasteiger partial charge in [-0.05, 0) is 26.7 Å². The number of hydrogen-bond acceptors (Lipinski definition) is 4. The normalized spacial score (nSPS) is 22.9. The van der Waals surface area contributed by atoms with Gasteiger partial charge >= 0.3 is 0 Å². The van der Waals surface area contributed by atoms with Crippen molar-refractivity contribution in [1.29, 1.82) is 0 Å². The Hall–Kier alpha value is -0.810. The van der Waals surface area contributed by atoms with Crippen LogP contribution in [0, 0.1) is 0 Å². The van der Waals surface area contributed by atoms with Crippen LogP contribution < -0.4 is 5.73 Å². The van der Waals surface area contributed by atoms with Crippen molar-refractivity contribution < 1.29 is 9.94 Å². The molecule has 15 heavy (non-hydrogen) atoms. The summed E-state index contributed by atoms with van der Waals surface area (Å²) in [5, 5.41) is 11.5. The standard InChI is InChI=1S/C10H21N3O2/c1-8(2)13(7-10(11)12-14)6-9-4-3-5-15-9/h8-9,14H,3-7H2,1-2H3,(H2,11,12). The first-order chi connectivity index (χ1) is 7.13. The number of rotatable bonds is 5. The van der Waals surface area contributed by atoms with Crippen molar-refractivity contribution in [2.45, 2.75) is 38.8 Å². The molecule has 1 aliphatic rings. The average Bonchev–Trinajstić information content (AvgIpc) is 2.69. The minimum absolute atomic E-state index is 0.252. The molecule has 1 rings (SSSR count). The zero-order chi connectivity index (χ0) is 11.3. The lowest BCUT2D eigenvalue weighted by Gasteiger charge is -2.28. The molecule has 0 aliphatic carbocycles. The molecule has 1 atom stereocenters. The summed E-state index contributed by atoms with van der Waals surface area (Å²) in [6.07, 6.45) is 2.55. The van der Waals surface area contributed by atoms with E-state index in [0.717, 1.165) is 26.0 Å². The summed E-state index contributed by atoms with van der Waals surface area (Å²) in [6, 6.07) is 0.370. The highest BCUT2D eigenvalue weighted by Crippen LogP contribution is 2.14. The van der Waals surface area contributed by atoms with E-state index < -0.39 is 0 Å². The zero-order valence-corrected chi connectivity index (χ0v) is 9.52. The van der Waals surface area contributed by atoms with Crippen LogP contribution in [0.3, 0.4) is 0 Å². The predicted octanol–water partition coefficient (Wildman–Crippen LogP) is 0.622. The van der Waals surface area contributed by atoms with Crippen molar-refractivity contribution in [3.05, 3.63) is 0 Å². The lowest BCUT2D eigenvalue weighted by molar-refractivity contribution is 0.0684. The molecule has 3 N–H and O–H groups in total. The summed E-state index contributed by atoms with van der Waals surface area (Å²) in [5.41, 5.74) is 5.50. The van der Waals surface area contributed by atoms with E-state index in [1.165, 1.54) is 0 Å². The van der Waals surface area contributed by atoms with E-state index in [-0.39, 0.29) is 5.84 Å². The third-order valence-electron chi connectivity index (χ3n) is 2.69. The third-order valence-corrected chi connectivity index (χ3v) is 2.69. The van der Waals surface area contributed by atoms with E-state index in [0.29, 0.717) is 18.7 Å². The fraction of sp³-hybridized carbons (Fsp3) is 0.900. The summed E-state index contributed by atoms with van der Waals surface area (Å²) in [5.74, 6) is 0.252. The maximum Gasteiger partial charge on any atom is 0.153 e. The zero-order valence-electron chi connectivity index (χ0n) is 9.52. The second-order valence-electron chi connectivity index (χ2n) is 4.25. The molecule has 0 spiro atoms. The fourth-order valence-electron chi connectivity index (χ4n) is 1.75. The SMILES string of the molecule is CC(C)N(CC(N)=NO)CC1CCCO1. The Morgan fingerprint density at radius 3 is 2.87 bits per heavy atom. The largest absolute Gasteiger partial charge is 0.409 e. The molecule has 1 saturated heterocycles. The number of nitrogens with zero attached hydrogens (tertiary/aromatic N) is 2. The molecule has 1 fully saturated rings. The van der Waals surface area contributed by atoms with E-state index in [9.17, 15) is 0 Å². The average molecular weight is 215 g/mol. The molecule has 5 nitrogen and oxygen atoms in total. The lowest BCUT2D eigenvalue weighted by Crippen LogP contribution is -2.42. The second kappa shape index (κ2) is 5.92. The van der Waals surface area contributed by atoms with Crippen molar-refractivity contribution in [3.8, 4) is 0 Å². The van der Waals surface area contributed by atoms with Crippen LogP contribution in [0.2, 0.25) is 0 Å². The third kappa shape index (κ3) is 4.05. The Morgan fingerprint density at radius 2 is 2.40 bits per heavy atom. The Morgan fingerprint density at radius 1 is 1.67 bits per heavy atom. The Kier molecular flexibility index (Phi) is 4.84. The van der Waals surface area contributed by atoms with Gasteiger partial charge in [0.25, 0.3) is 0 Å². The molecule has 5 heteroatoms. The number of amidine groups is 1. The summed E-state index contributed by atoms with van der Waals surface area (Å²) in [4.78, 5) is 2.16. The molecule has 1 heterocycles. The van der Waals surface area contributed by atoms with Crippen molar-refractivity contribution in [2.75, 3.05) is 19.7 Å². The van der Waals surface area contributed by atoms with Gasteiger partial charge in [-0.2, -0.15) is 0 Å². The van der Waals surface area contributed by atoms with Crippen LogP contribution in [-0.4, -0.2) is 47.8 Å². The Balaban J connectivity index is 2.42. The molecule has 0 aromatic rings. The summed E-state index contributed by atoms with van der Waals surface area (Å²) < 4.78 is 5.56. The highest BCUT2D eigenvalue weighted by atomic mass is 16.5. The van der Waals surface area contributed by atoms with Gasteiger partial charge in [0, 0.05) is 19.2 Å². The molecule has 88 valence electrons. The molecule has 0 amide bonds. The molecule has 1 unspecified atom stereocenters. The molecule has 0 bridgehead atoms. The van der Waals surface area contributed by atoms with Gasteiger partial charge in [0.1, 0.15) is 0 Å². The smallest absolute Gasteiger partial charge is 0.153 e. The maximum atomic E-state index is 8.53. The quantitative estimate of drug-likeness (QED) is 0.305. The van der Waals surface area contributed by atoms with Crippen molar-refractivity contribution in [1.82, 2.24) is 4.90 Å². The van der Waals surface area contributed by atoms with Crippen molar-refractivity contribution in [2.24, 2.45) is 10.9 Å². The van der Waals surface area contributed by atoms with Gasteiger partial charge in [0.05, 0.1) is 12.6 Å². The highest BCUT2D eigenvalue weighted by molar-refractivity contribution is 5.81. The van der Waals surface area contributed by atoms with Gasteiger partial charge in [-0.15, -0.1) is 0 Å². The molecular weight excluding hydrogens is 194 g/mol. The molecule has 0 aromatic carbocycles. The van der Waals surface area contributed by atoms with Gasteiger partial charge in [-0.25, -0.2) is 0 Å². The van der Waals surface area contributed by atoms with Crippen molar-refractivity contribution in [3.63, 3.8) is 0 Å². The minimum Gasteiger partial charge on any atom is -0.409 e. The lowest BCUT2D eigenvalue weighted by atomic mass is 10.2. The van der Waals surface area contributed by atoms with Crippen LogP contribution in [0.4, 0.5) is 0 Å². The van der Waals surface area contributed by atoms with E-state index in [1.807, 2.05) is 0 Å². The molecule has 0 saturated carbocycles. The number of ether oxygens (including phenoxy) is 1. The van der Waals surface area contributed by atoms with E-state index in [1.54, 1.807) is 0 Å². The molecule has 0 aromatic heterocycles. The summed E-state index contributed by atoms with van der Waals surface area (Å²) >= 11 is 0. The Bertz CT molecular complexity index is 213. The monoisotopic (exact) mass is 215 g/mol. The topological polar surface area (TPSA) is 71.1 Å². The van der Waals surface area contributed by atoms with Crippen LogP contribution in [0.25, 0.3) is 0 Å². The van der Waals surface area contributed by atoms with Gasteiger partial charge in [0.2, 0.25) is 0 Å². The predicted molar refractivity (Wildman–Crippen MR) is 59.1 cm³/mol. The van der Waals surface area contributed by atoms with Gasteiger partial charge in [-0.1, -0.05) is 5.16 Å².